The molecule has 0 atom stereocenters. The van der Waals surface area contributed by atoms with E-state index in [1.807, 2.05) is 11.1 Å². The van der Waals surface area contributed by atoms with Crippen LogP contribution in [0.4, 0.5) is 11.6 Å². The number of piperidine rings is 1. The molecule has 0 radical (unpaired) electrons. The highest BCUT2D eigenvalue weighted by atomic mass is 16.3. The van der Waals surface area contributed by atoms with Crippen LogP contribution in [0.2, 0.25) is 0 Å². The Morgan fingerprint density at radius 2 is 1.92 bits per heavy atom. The van der Waals surface area contributed by atoms with E-state index in [-0.39, 0.29) is 12.4 Å². The van der Waals surface area contributed by atoms with Gasteiger partial charge in [-0.15, -0.1) is 0 Å². The molecule has 0 aliphatic carbocycles. The Hall–Kier alpha value is -3.03. The van der Waals surface area contributed by atoms with Crippen LogP contribution in [0.3, 0.4) is 0 Å². The molecule has 3 rings (SSSR count). The molecule has 0 saturated carbocycles. The second-order valence-electron chi connectivity index (χ2n) is 5.58. The molecule has 2 N–H and O–H groups in total. The third-order valence-electron chi connectivity index (χ3n) is 4.01. The SMILES string of the molecule is CC(=O)N1CCC(c2ccnc(Nc3cnccn3)c2)CC1.O=CO. The third-order valence-corrected chi connectivity index (χ3v) is 4.01. The number of carbonyl (C=O) groups is 2. The molecular formula is C17H21N5O3. The lowest BCUT2D eigenvalue weighted by atomic mass is 9.90. The number of likely N-dealkylation sites (tertiary alicyclic amines) is 1. The molecule has 0 aromatic carbocycles. The van der Waals surface area contributed by atoms with Crippen LogP contribution >= 0.6 is 0 Å². The molecule has 132 valence electrons. The number of hydrogen-bond acceptors (Lipinski definition) is 6. The zero-order valence-corrected chi connectivity index (χ0v) is 14.0. The lowest BCUT2D eigenvalue weighted by Crippen LogP contribution is -2.36. The van der Waals surface area contributed by atoms with Gasteiger partial charge in [0.05, 0.1) is 6.20 Å². The van der Waals surface area contributed by atoms with Gasteiger partial charge in [0.2, 0.25) is 5.91 Å². The van der Waals surface area contributed by atoms with Crippen LogP contribution in [0.5, 0.6) is 0 Å². The first-order valence-electron chi connectivity index (χ1n) is 7.96. The number of nitrogens with zero attached hydrogens (tertiary/aromatic N) is 4. The molecule has 1 fully saturated rings. The van der Waals surface area contributed by atoms with Crippen molar-refractivity contribution in [2.24, 2.45) is 0 Å². The summed E-state index contributed by atoms with van der Waals surface area (Å²) in [6, 6.07) is 4.11. The maximum atomic E-state index is 11.4. The number of amides is 1. The molecule has 1 saturated heterocycles. The lowest BCUT2D eigenvalue weighted by molar-refractivity contribution is -0.129. The van der Waals surface area contributed by atoms with Crippen molar-refractivity contribution < 1.29 is 14.7 Å². The second-order valence-corrected chi connectivity index (χ2v) is 5.58. The normalized spacial score (nSPS) is 14.2. The molecule has 1 amide bonds. The monoisotopic (exact) mass is 343 g/mol. The Morgan fingerprint density at radius 1 is 1.24 bits per heavy atom. The molecule has 0 unspecified atom stereocenters. The van der Waals surface area contributed by atoms with Crippen molar-refractivity contribution >= 4 is 24.0 Å². The molecule has 25 heavy (non-hydrogen) atoms. The van der Waals surface area contributed by atoms with Gasteiger partial charge in [-0.3, -0.25) is 14.6 Å². The topological polar surface area (TPSA) is 108 Å². The first kappa shape index (κ1) is 18.3. The molecular weight excluding hydrogens is 322 g/mol. The minimum absolute atomic E-state index is 0.165. The van der Waals surface area contributed by atoms with E-state index in [0.29, 0.717) is 11.7 Å². The van der Waals surface area contributed by atoms with Gasteiger partial charge < -0.3 is 15.3 Å². The summed E-state index contributed by atoms with van der Waals surface area (Å²) in [5, 5.41) is 10.1. The van der Waals surface area contributed by atoms with Crippen molar-refractivity contribution in [2.45, 2.75) is 25.7 Å². The first-order valence-corrected chi connectivity index (χ1v) is 7.96. The molecule has 3 heterocycles. The van der Waals surface area contributed by atoms with Crippen molar-refractivity contribution in [2.75, 3.05) is 18.4 Å². The number of pyridine rings is 1. The minimum atomic E-state index is -0.250. The van der Waals surface area contributed by atoms with Gasteiger partial charge in [0.25, 0.3) is 6.47 Å². The van der Waals surface area contributed by atoms with Crippen LogP contribution < -0.4 is 5.32 Å². The third kappa shape index (κ3) is 5.52. The van der Waals surface area contributed by atoms with Gasteiger partial charge in [0, 0.05) is 38.6 Å². The Balaban J connectivity index is 0.000000701. The smallest absolute Gasteiger partial charge is 0.290 e. The Labute approximate surface area is 145 Å². The average Bonchev–Trinajstić information content (AvgIpc) is 2.63. The van der Waals surface area contributed by atoms with Crippen molar-refractivity contribution in [1.29, 1.82) is 0 Å². The number of hydrogen-bond donors (Lipinski definition) is 2. The van der Waals surface area contributed by atoms with E-state index in [2.05, 4.69) is 32.4 Å². The summed E-state index contributed by atoms with van der Waals surface area (Å²) in [5.74, 6) is 2.09. The maximum Gasteiger partial charge on any atom is 0.290 e. The molecule has 8 heteroatoms. The van der Waals surface area contributed by atoms with Gasteiger partial charge in [0.15, 0.2) is 0 Å². The van der Waals surface area contributed by atoms with Crippen LogP contribution in [-0.4, -0.2) is 50.4 Å². The van der Waals surface area contributed by atoms with Crippen LogP contribution in [-0.2, 0) is 9.59 Å². The fraction of sp³-hybridized carbons (Fsp3) is 0.353. The fourth-order valence-electron chi connectivity index (χ4n) is 2.79. The molecule has 2 aromatic heterocycles. The van der Waals surface area contributed by atoms with Crippen LogP contribution in [0.25, 0.3) is 0 Å². The summed E-state index contributed by atoms with van der Waals surface area (Å²) in [5.41, 5.74) is 1.25. The summed E-state index contributed by atoms with van der Waals surface area (Å²) in [4.78, 5) is 34.2. The number of aromatic nitrogens is 3. The van der Waals surface area contributed by atoms with Crippen LogP contribution in [0.1, 0.15) is 31.2 Å². The number of carboxylic acid groups (broad SMARTS) is 1. The number of nitrogens with one attached hydrogen (secondary N) is 1. The Bertz CT molecular complexity index is 688. The van der Waals surface area contributed by atoms with E-state index in [4.69, 9.17) is 9.90 Å². The van der Waals surface area contributed by atoms with Gasteiger partial charge in [-0.2, -0.15) is 0 Å². The predicted molar refractivity (Wildman–Crippen MR) is 92.5 cm³/mol. The quantitative estimate of drug-likeness (QED) is 0.821. The standard InChI is InChI=1S/C16H19N5O.CH2O2/c1-12(22)21-8-3-13(4-9-21)14-2-5-18-15(10-14)20-16-11-17-6-7-19-16;2-1-3/h2,5-7,10-11,13H,3-4,8-9H2,1H3,(H,18,19,20);1H,(H,2,3). The second kappa shape index (κ2) is 9.31. The number of anilines is 2. The van der Waals surface area contributed by atoms with Crippen molar-refractivity contribution in [1.82, 2.24) is 19.9 Å². The maximum absolute atomic E-state index is 11.4. The van der Waals surface area contributed by atoms with Gasteiger partial charge in [-0.1, -0.05) is 0 Å². The minimum Gasteiger partial charge on any atom is -0.483 e. The molecule has 8 nitrogen and oxygen atoms in total. The largest absolute Gasteiger partial charge is 0.483 e. The summed E-state index contributed by atoms with van der Waals surface area (Å²) in [7, 11) is 0. The summed E-state index contributed by atoms with van der Waals surface area (Å²) in [6.07, 6.45) is 8.74. The first-order chi connectivity index (χ1) is 12.1. The van der Waals surface area contributed by atoms with Crippen molar-refractivity contribution in [3.05, 3.63) is 42.5 Å². The van der Waals surface area contributed by atoms with Gasteiger partial charge in [-0.25, -0.2) is 9.97 Å². The summed E-state index contributed by atoms with van der Waals surface area (Å²) < 4.78 is 0. The highest BCUT2D eigenvalue weighted by Gasteiger charge is 2.22. The molecule has 1 aliphatic heterocycles. The predicted octanol–water partition coefficient (Wildman–Crippen LogP) is 2.04. The molecule has 0 spiro atoms. The van der Waals surface area contributed by atoms with Crippen LogP contribution in [0, 0.1) is 0 Å². The van der Waals surface area contributed by atoms with E-state index in [9.17, 15) is 4.79 Å². The number of carbonyl (C=O) groups excluding carboxylic acids is 1. The Morgan fingerprint density at radius 3 is 2.52 bits per heavy atom. The van der Waals surface area contributed by atoms with E-state index < -0.39 is 0 Å². The summed E-state index contributed by atoms with van der Waals surface area (Å²) in [6.45, 7) is 3.04. The van der Waals surface area contributed by atoms with Gasteiger partial charge in [0.1, 0.15) is 11.6 Å². The van der Waals surface area contributed by atoms with E-state index in [0.717, 1.165) is 31.7 Å². The number of rotatable bonds is 3. The fourth-order valence-corrected chi connectivity index (χ4v) is 2.79. The van der Waals surface area contributed by atoms with E-state index >= 15 is 0 Å². The highest BCUT2D eigenvalue weighted by Crippen LogP contribution is 2.29. The Kier molecular flexibility index (Phi) is 6.82. The highest BCUT2D eigenvalue weighted by molar-refractivity contribution is 5.73. The van der Waals surface area contributed by atoms with Gasteiger partial charge in [-0.05, 0) is 36.5 Å². The average molecular weight is 343 g/mol. The zero-order chi connectivity index (χ0) is 18.1. The lowest BCUT2D eigenvalue weighted by Gasteiger charge is -2.31. The van der Waals surface area contributed by atoms with Gasteiger partial charge >= 0.3 is 0 Å². The van der Waals surface area contributed by atoms with Crippen LogP contribution in [0.15, 0.2) is 36.9 Å². The molecule has 0 bridgehead atoms. The zero-order valence-electron chi connectivity index (χ0n) is 14.0. The van der Waals surface area contributed by atoms with E-state index in [1.54, 1.807) is 25.5 Å². The van der Waals surface area contributed by atoms with Crippen molar-refractivity contribution in [3.8, 4) is 0 Å². The molecule has 2 aromatic rings. The van der Waals surface area contributed by atoms with E-state index in [1.165, 1.54) is 5.56 Å². The molecule has 1 aliphatic rings. The van der Waals surface area contributed by atoms with Crippen molar-refractivity contribution in [3.63, 3.8) is 0 Å². The summed E-state index contributed by atoms with van der Waals surface area (Å²) >= 11 is 0.